The Labute approximate surface area is 245 Å². The van der Waals surface area contributed by atoms with Gasteiger partial charge in [-0.1, -0.05) is 37.9 Å². The number of unbranched alkanes of at least 4 members (excludes halogenated alkanes) is 1. The molecular formula is C34H36O8. The van der Waals surface area contributed by atoms with Crippen LogP contribution in [0, 0.1) is 0 Å². The van der Waals surface area contributed by atoms with Crippen molar-refractivity contribution in [2.75, 3.05) is 13.2 Å². The second kappa shape index (κ2) is 14.8. The number of esters is 3. The molecule has 8 nitrogen and oxygen atoms in total. The van der Waals surface area contributed by atoms with Gasteiger partial charge in [-0.2, -0.15) is 0 Å². The summed E-state index contributed by atoms with van der Waals surface area (Å²) in [7, 11) is 0. The van der Waals surface area contributed by atoms with Crippen LogP contribution in [0.3, 0.4) is 0 Å². The summed E-state index contributed by atoms with van der Waals surface area (Å²) in [6, 6.07) is 12.3. The Hall–Kier alpha value is -4.72. The zero-order chi connectivity index (χ0) is 30.8. The topological polar surface area (TPSA) is 109 Å². The van der Waals surface area contributed by atoms with E-state index >= 15 is 0 Å². The molecule has 3 rings (SSSR count). The molecule has 0 aliphatic rings. The lowest BCUT2D eigenvalue weighted by Crippen LogP contribution is -2.08. The van der Waals surface area contributed by atoms with Crippen LogP contribution in [0.25, 0.3) is 22.1 Å². The van der Waals surface area contributed by atoms with E-state index in [9.17, 15) is 19.2 Å². The Balaban J connectivity index is 1.86. The second-order valence-electron chi connectivity index (χ2n) is 10.2. The van der Waals surface area contributed by atoms with E-state index < -0.39 is 23.5 Å². The van der Waals surface area contributed by atoms with E-state index in [4.69, 9.17) is 18.6 Å². The van der Waals surface area contributed by atoms with Crippen LogP contribution in [-0.2, 0) is 36.7 Å². The van der Waals surface area contributed by atoms with Gasteiger partial charge in [-0.25, -0.2) is 19.2 Å². The van der Waals surface area contributed by atoms with Crippen molar-refractivity contribution < 1.29 is 33.0 Å². The molecule has 220 valence electrons. The van der Waals surface area contributed by atoms with Crippen LogP contribution in [-0.4, -0.2) is 31.1 Å². The quantitative estimate of drug-likeness (QED) is 0.0714. The molecule has 0 unspecified atom stereocenters. The third-order valence-corrected chi connectivity index (χ3v) is 6.31. The normalized spacial score (nSPS) is 10.6. The smallest absolute Gasteiger partial charge is 0.344 e. The van der Waals surface area contributed by atoms with Crippen molar-refractivity contribution >= 4 is 28.9 Å². The van der Waals surface area contributed by atoms with Gasteiger partial charge in [0, 0.05) is 22.1 Å². The van der Waals surface area contributed by atoms with E-state index in [0.717, 1.165) is 16.5 Å². The van der Waals surface area contributed by atoms with Gasteiger partial charge < -0.3 is 18.6 Å². The predicted octanol–water partition coefficient (Wildman–Crippen LogP) is 6.44. The molecule has 0 N–H and O–H groups in total. The fraction of sp³-hybridized carbons (Fsp3) is 0.294. The molecular weight excluding hydrogens is 536 g/mol. The first kappa shape index (κ1) is 31.8. The molecule has 0 saturated carbocycles. The fourth-order valence-electron chi connectivity index (χ4n) is 4.07. The maximum Gasteiger partial charge on any atom is 0.344 e. The lowest BCUT2D eigenvalue weighted by Gasteiger charge is -2.12. The zero-order valence-corrected chi connectivity index (χ0v) is 24.4. The van der Waals surface area contributed by atoms with Crippen molar-refractivity contribution in [1.29, 1.82) is 0 Å². The molecule has 1 aromatic heterocycles. The molecule has 0 aliphatic carbocycles. The maximum absolute atomic E-state index is 13.1. The highest BCUT2D eigenvalue weighted by molar-refractivity contribution is 5.89. The monoisotopic (exact) mass is 572 g/mol. The molecule has 0 fully saturated rings. The summed E-state index contributed by atoms with van der Waals surface area (Å²) in [5.74, 6) is -1.04. The van der Waals surface area contributed by atoms with Gasteiger partial charge >= 0.3 is 23.5 Å². The average Bonchev–Trinajstić information content (AvgIpc) is 2.95. The highest BCUT2D eigenvalue weighted by Gasteiger charge is 2.14. The molecule has 0 saturated heterocycles. The third kappa shape index (κ3) is 8.89. The lowest BCUT2D eigenvalue weighted by molar-refractivity contribution is -0.139. The number of benzene rings is 2. The van der Waals surface area contributed by atoms with Gasteiger partial charge in [0.2, 0.25) is 0 Å². The summed E-state index contributed by atoms with van der Waals surface area (Å²) in [4.78, 5) is 48.3. The molecule has 0 amide bonds. The van der Waals surface area contributed by atoms with Crippen LogP contribution < -0.4 is 10.4 Å². The summed E-state index contributed by atoms with van der Waals surface area (Å²) >= 11 is 0. The van der Waals surface area contributed by atoms with Crippen molar-refractivity contribution in [3.8, 4) is 16.9 Å². The van der Waals surface area contributed by atoms with Crippen molar-refractivity contribution in [1.82, 2.24) is 0 Å². The Bertz CT molecular complexity index is 1570. The summed E-state index contributed by atoms with van der Waals surface area (Å²) in [5.41, 5.74) is 3.81. The minimum Gasteiger partial charge on any atom is -0.462 e. The first-order chi connectivity index (χ1) is 20.0. The summed E-state index contributed by atoms with van der Waals surface area (Å²) in [6.45, 7) is 16.0. The molecule has 3 aromatic rings. The molecule has 0 radical (unpaired) electrons. The van der Waals surface area contributed by atoms with Gasteiger partial charge in [0.1, 0.15) is 11.3 Å². The van der Waals surface area contributed by atoms with Gasteiger partial charge in [0.15, 0.2) is 0 Å². The SMILES string of the molecule is C=C(C)C(=O)OCCCCc1cc(CCCOC(=O)C(=C)C)cc2cc(-c3ccc(OC(=O)C(=C)C)cc3)c(=O)oc12. The van der Waals surface area contributed by atoms with Crippen LogP contribution in [0.1, 0.15) is 51.2 Å². The number of carbonyl (C=O) groups is 3. The van der Waals surface area contributed by atoms with Crippen molar-refractivity contribution in [2.45, 2.75) is 52.9 Å². The van der Waals surface area contributed by atoms with E-state index in [1.54, 1.807) is 51.1 Å². The summed E-state index contributed by atoms with van der Waals surface area (Å²) in [5, 5.41) is 0.752. The van der Waals surface area contributed by atoms with Crippen molar-refractivity contribution in [3.05, 3.63) is 100 Å². The highest BCUT2D eigenvalue weighted by atomic mass is 16.5. The molecule has 0 spiro atoms. The standard InChI is InChI=1S/C34H36O8/c1-21(2)31(35)39-16-8-7-11-26-18-24(10-9-17-40-32(36)22(3)4)19-27-20-29(34(38)42-30(26)27)25-12-14-28(15-13-25)41-33(37)23(5)6/h12-15,18-20H,1,3,5,7-11,16-17H2,2,4,6H3. The van der Waals surface area contributed by atoms with E-state index in [1.165, 1.54) is 0 Å². The Morgan fingerprint density at radius 1 is 0.738 bits per heavy atom. The lowest BCUT2D eigenvalue weighted by atomic mass is 9.97. The van der Waals surface area contributed by atoms with Crippen LogP contribution in [0.4, 0.5) is 0 Å². The Kier molecular flexibility index (Phi) is 11.2. The van der Waals surface area contributed by atoms with Crippen LogP contribution in [0.15, 0.2) is 88.1 Å². The fourth-order valence-corrected chi connectivity index (χ4v) is 4.07. The van der Waals surface area contributed by atoms with Crippen LogP contribution >= 0.6 is 0 Å². The maximum atomic E-state index is 13.1. The number of hydrogen-bond acceptors (Lipinski definition) is 8. The second-order valence-corrected chi connectivity index (χ2v) is 10.2. The van der Waals surface area contributed by atoms with E-state index in [1.807, 2.05) is 12.1 Å². The molecule has 0 bridgehead atoms. The van der Waals surface area contributed by atoms with Crippen LogP contribution in [0.5, 0.6) is 5.75 Å². The van der Waals surface area contributed by atoms with E-state index in [0.29, 0.717) is 65.7 Å². The molecule has 8 heteroatoms. The number of carbonyl (C=O) groups excluding carboxylic acids is 3. The number of fused-ring (bicyclic) bond motifs is 1. The zero-order valence-electron chi connectivity index (χ0n) is 24.4. The minimum absolute atomic E-state index is 0.255. The largest absolute Gasteiger partial charge is 0.462 e. The first-order valence-corrected chi connectivity index (χ1v) is 13.7. The first-order valence-electron chi connectivity index (χ1n) is 13.7. The molecule has 2 aromatic carbocycles. The number of hydrogen-bond donors (Lipinski definition) is 0. The van der Waals surface area contributed by atoms with Gasteiger partial charge in [0.05, 0.1) is 18.8 Å². The molecule has 0 aliphatic heterocycles. The third-order valence-electron chi connectivity index (χ3n) is 6.31. The van der Waals surface area contributed by atoms with Gasteiger partial charge in [0.25, 0.3) is 0 Å². The summed E-state index contributed by atoms with van der Waals surface area (Å²) < 4.78 is 21.5. The molecule has 0 atom stereocenters. The number of rotatable bonds is 14. The van der Waals surface area contributed by atoms with Gasteiger partial charge in [-0.15, -0.1) is 0 Å². The summed E-state index contributed by atoms with van der Waals surface area (Å²) in [6.07, 6.45) is 3.18. The van der Waals surface area contributed by atoms with Crippen molar-refractivity contribution in [2.24, 2.45) is 0 Å². The number of aryl methyl sites for hydroxylation is 2. The molecule has 1 heterocycles. The molecule has 42 heavy (non-hydrogen) atoms. The van der Waals surface area contributed by atoms with Gasteiger partial charge in [-0.3, -0.25) is 0 Å². The van der Waals surface area contributed by atoms with Crippen LogP contribution in [0.2, 0.25) is 0 Å². The Morgan fingerprint density at radius 2 is 1.33 bits per heavy atom. The highest BCUT2D eigenvalue weighted by Crippen LogP contribution is 2.28. The van der Waals surface area contributed by atoms with E-state index in [2.05, 4.69) is 19.7 Å². The predicted molar refractivity (Wildman–Crippen MR) is 161 cm³/mol. The number of ether oxygens (including phenoxy) is 3. The minimum atomic E-state index is -0.531. The van der Waals surface area contributed by atoms with Crippen molar-refractivity contribution in [3.63, 3.8) is 0 Å². The van der Waals surface area contributed by atoms with Gasteiger partial charge in [-0.05, 0) is 93.8 Å². The van der Waals surface area contributed by atoms with E-state index in [-0.39, 0.29) is 18.8 Å². The average molecular weight is 573 g/mol. The Morgan fingerprint density at radius 3 is 1.93 bits per heavy atom.